The maximum absolute atomic E-state index is 13.4. The van der Waals surface area contributed by atoms with E-state index in [-0.39, 0.29) is 22.0 Å². The van der Waals surface area contributed by atoms with Crippen LogP contribution in [0.4, 0.5) is 10.2 Å². The van der Waals surface area contributed by atoms with Gasteiger partial charge >= 0.3 is 0 Å². The fourth-order valence-corrected chi connectivity index (χ4v) is 3.06. The molecule has 3 nitrogen and oxygen atoms in total. The van der Waals surface area contributed by atoms with E-state index in [4.69, 9.17) is 5.73 Å². The zero-order valence-electron chi connectivity index (χ0n) is 13.2. The van der Waals surface area contributed by atoms with Crippen molar-refractivity contribution in [1.29, 1.82) is 0 Å². The number of thioether (sulfide) groups is 1. The van der Waals surface area contributed by atoms with Gasteiger partial charge < -0.3 is 11.1 Å². The van der Waals surface area contributed by atoms with Crippen molar-refractivity contribution in [2.24, 2.45) is 10.8 Å². The van der Waals surface area contributed by atoms with Crippen molar-refractivity contribution in [2.75, 3.05) is 18.5 Å². The molecule has 0 bridgehead atoms. The molecule has 1 rings (SSSR count). The molecule has 20 heavy (non-hydrogen) atoms. The molecule has 0 aliphatic rings. The van der Waals surface area contributed by atoms with Crippen LogP contribution in [0.5, 0.6) is 0 Å². The molecule has 0 spiro atoms. The minimum absolute atomic E-state index is 0.0557. The number of anilines is 1. The van der Waals surface area contributed by atoms with Crippen molar-refractivity contribution >= 4 is 17.6 Å². The van der Waals surface area contributed by atoms with Gasteiger partial charge in [-0.05, 0) is 23.9 Å². The summed E-state index contributed by atoms with van der Waals surface area (Å²) in [6.07, 6.45) is 1.15. The highest BCUT2D eigenvalue weighted by atomic mass is 32.2. The van der Waals surface area contributed by atoms with E-state index in [2.05, 4.69) is 44.9 Å². The third-order valence-electron chi connectivity index (χ3n) is 4.10. The van der Waals surface area contributed by atoms with Crippen molar-refractivity contribution in [2.45, 2.75) is 40.0 Å². The highest BCUT2D eigenvalue weighted by molar-refractivity contribution is 7.99. The molecule has 1 aromatic rings. The van der Waals surface area contributed by atoms with Gasteiger partial charge in [0.1, 0.15) is 11.6 Å². The third kappa shape index (κ3) is 4.09. The first-order chi connectivity index (χ1) is 9.08. The second-order valence-corrected chi connectivity index (χ2v) is 7.84. The Morgan fingerprint density at radius 3 is 2.45 bits per heavy atom. The summed E-state index contributed by atoms with van der Waals surface area (Å²) in [6.45, 7) is 11.2. The Kier molecular flexibility index (Phi) is 5.44. The largest absolute Gasteiger partial charge is 0.383 e. The van der Waals surface area contributed by atoms with Gasteiger partial charge in [0.25, 0.3) is 0 Å². The van der Waals surface area contributed by atoms with E-state index < -0.39 is 0 Å². The lowest BCUT2D eigenvalue weighted by Gasteiger charge is -2.39. The lowest BCUT2D eigenvalue weighted by molar-refractivity contribution is 0.162. The van der Waals surface area contributed by atoms with Crippen LogP contribution in [-0.4, -0.2) is 17.8 Å². The zero-order valence-corrected chi connectivity index (χ0v) is 14.1. The molecule has 0 radical (unpaired) electrons. The summed E-state index contributed by atoms with van der Waals surface area (Å²) in [7, 11) is 1.85. The van der Waals surface area contributed by atoms with E-state index in [1.54, 1.807) is 11.8 Å². The summed E-state index contributed by atoms with van der Waals surface area (Å²) < 4.78 is 13.4. The molecule has 5 heteroatoms. The quantitative estimate of drug-likeness (QED) is 0.811. The van der Waals surface area contributed by atoms with Crippen molar-refractivity contribution in [3.05, 3.63) is 23.6 Å². The minimum Gasteiger partial charge on any atom is -0.383 e. The molecule has 3 N–H and O–H groups in total. The van der Waals surface area contributed by atoms with Gasteiger partial charge in [0.15, 0.2) is 0 Å². The molecular formula is C15H26FN3S. The van der Waals surface area contributed by atoms with E-state index in [9.17, 15) is 4.39 Å². The molecule has 1 unspecified atom stereocenters. The molecule has 1 atom stereocenters. The second-order valence-electron chi connectivity index (χ2n) is 6.74. The zero-order chi connectivity index (χ0) is 15.6. The highest BCUT2D eigenvalue weighted by Crippen LogP contribution is 2.43. The highest BCUT2D eigenvalue weighted by Gasteiger charge is 2.33. The van der Waals surface area contributed by atoms with Crippen LogP contribution < -0.4 is 11.1 Å². The summed E-state index contributed by atoms with van der Waals surface area (Å²) in [5.41, 5.74) is 6.92. The van der Waals surface area contributed by atoms with Crippen LogP contribution >= 0.6 is 11.8 Å². The number of halogens is 1. The van der Waals surface area contributed by atoms with Crippen molar-refractivity contribution in [3.8, 4) is 0 Å². The first-order valence-electron chi connectivity index (χ1n) is 6.78. The Labute approximate surface area is 125 Å². The molecule has 0 amide bonds. The molecule has 114 valence electrons. The Hall–Kier alpha value is -0.810. The predicted octanol–water partition coefficient (Wildman–Crippen LogP) is 3.83. The molecule has 0 saturated carbocycles. The fraction of sp³-hybridized carbons (Fsp3) is 0.667. The van der Waals surface area contributed by atoms with E-state index in [1.165, 1.54) is 6.07 Å². The summed E-state index contributed by atoms with van der Waals surface area (Å²) in [4.78, 5) is 3.89. The van der Waals surface area contributed by atoms with Gasteiger partial charge in [-0.2, -0.15) is 0 Å². The number of aromatic nitrogens is 1. The van der Waals surface area contributed by atoms with Gasteiger partial charge in [-0.15, -0.1) is 11.8 Å². The maximum atomic E-state index is 13.4. The first kappa shape index (κ1) is 17.2. The number of hydrogen-bond acceptors (Lipinski definition) is 4. The molecule has 0 saturated heterocycles. The van der Waals surface area contributed by atoms with E-state index in [1.807, 2.05) is 7.05 Å². The van der Waals surface area contributed by atoms with E-state index >= 15 is 0 Å². The summed E-state index contributed by atoms with van der Waals surface area (Å²) >= 11 is 1.73. The summed E-state index contributed by atoms with van der Waals surface area (Å²) in [6, 6.07) is 1.46. The molecular weight excluding hydrogens is 273 g/mol. The number of nitrogens with two attached hydrogens (primary N) is 1. The van der Waals surface area contributed by atoms with Crippen LogP contribution in [-0.2, 0) is 0 Å². The van der Waals surface area contributed by atoms with Crippen LogP contribution in [0, 0.1) is 16.6 Å². The van der Waals surface area contributed by atoms with Crippen LogP contribution in [0.3, 0.4) is 0 Å². The van der Waals surface area contributed by atoms with Crippen molar-refractivity contribution in [1.82, 2.24) is 10.3 Å². The molecule has 1 heterocycles. The Morgan fingerprint density at radius 2 is 1.95 bits per heavy atom. The van der Waals surface area contributed by atoms with E-state index in [0.717, 1.165) is 11.9 Å². The Balaban J connectivity index is 2.86. The summed E-state index contributed by atoms with van der Waals surface area (Å²) in [5.74, 6) is 0.967. The number of nitrogen functional groups attached to an aromatic ring is 1. The number of pyridine rings is 1. The molecule has 0 aliphatic heterocycles. The SMILES string of the molecule is CNC(SCC(C)(C)C(C)(C)C)c1cc(F)cnc1N. The average Bonchev–Trinajstić information content (AvgIpc) is 2.32. The predicted molar refractivity (Wildman–Crippen MR) is 86.1 cm³/mol. The fourth-order valence-electron chi connectivity index (χ4n) is 1.51. The van der Waals surface area contributed by atoms with Crippen molar-refractivity contribution < 1.29 is 4.39 Å². The summed E-state index contributed by atoms with van der Waals surface area (Å²) in [5, 5.41) is 3.13. The average molecular weight is 299 g/mol. The first-order valence-corrected chi connectivity index (χ1v) is 7.83. The van der Waals surface area contributed by atoms with Gasteiger partial charge in [-0.1, -0.05) is 34.6 Å². The van der Waals surface area contributed by atoms with Gasteiger partial charge in [0, 0.05) is 11.3 Å². The van der Waals surface area contributed by atoms with Crippen LogP contribution in [0.15, 0.2) is 12.3 Å². The minimum atomic E-state index is -0.356. The van der Waals surface area contributed by atoms with E-state index in [0.29, 0.717) is 11.4 Å². The van der Waals surface area contributed by atoms with Gasteiger partial charge in [-0.3, -0.25) is 0 Å². The van der Waals surface area contributed by atoms with Crippen LogP contribution in [0.2, 0.25) is 0 Å². The lowest BCUT2D eigenvalue weighted by Crippen LogP contribution is -2.33. The standard InChI is InChI=1S/C15H26FN3S/c1-14(2,3)15(4,5)9-20-13(18-6)11-7-10(16)8-19-12(11)17/h7-8,13,18H,9H2,1-6H3,(H2,17,19). The molecule has 0 aromatic carbocycles. The second kappa shape index (κ2) is 6.31. The third-order valence-corrected chi connectivity index (χ3v) is 5.81. The molecule has 0 fully saturated rings. The normalized spacial score (nSPS) is 14.3. The lowest BCUT2D eigenvalue weighted by atomic mass is 9.71. The van der Waals surface area contributed by atoms with Crippen LogP contribution in [0.1, 0.15) is 45.6 Å². The van der Waals surface area contributed by atoms with Gasteiger partial charge in [0.2, 0.25) is 0 Å². The number of nitrogens with one attached hydrogen (secondary N) is 1. The molecule has 1 aromatic heterocycles. The van der Waals surface area contributed by atoms with Crippen LogP contribution in [0.25, 0.3) is 0 Å². The Morgan fingerprint density at radius 1 is 1.35 bits per heavy atom. The molecule has 0 aliphatic carbocycles. The number of rotatable bonds is 5. The smallest absolute Gasteiger partial charge is 0.142 e. The maximum Gasteiger partial charge on any atom is 0.142 e. The monoisotopic (exact) mass is 299 g/mol. The number of nitrogens with zero attached hydrogens (tertiary/aromatic N) is 1. The van der Waals surface area contributed by atoms with Crippen molar-refractivity contribution in [3.63, 3.8) is 0 Å². The topological polar surface area (TPSA) is 50.9 Å². The van der Waals surface area contributed by atoms with Gasteiger partial charge in [-0.25, -0.2) is 9.37 Å². The van der Waals surface area contributed by atoms with Gasteiger partial charge in [0.05, 0.1) is 11.6 Å². The Bertz CT molecular complexity index is 455. The number of hydrogen-bond donors (Lipinski definition) is 2.